The molecule has 0 radical (unpaired) electrons. The first kappa shape index (κ1) is 27.0. The molecule has 2 aromatic carbocycles. The van der Waals surface area contributed by atoms with Gasteiger partial charge in [0.25, 0.3) is 11.5 Å². The Labute approximate surface area is 230 Å². The molecule has 0 spiro atoms. The smallest absolute Gasteiger partial charge is 0.331 e. The molecule has 0 bridgehead atoms. The predicted molar refractivity (Wildman–Crippen MR) is 153 cm³/mol. The summed E-state index contributed by atoms with van der Waals surface area (Å²) in [6, 6.07) is 9.71. The molecular formula is C28H33ClN6O4. The first-order chi connectivity index (χ1) is 18.7. The standard InChI is InChI=1S/C28H33ClN6O4/c1-4-34-23-10-8-18(12-19(23)27(38)35(28(34)39)15-16-5-6-16)31-26(37)20-13-30-14-22(20)32-25(36)17-7-9-24(33(2)3)21(29)11-17/h7-12,16,20,22,30H,4-6,13-15H2,1-3H3,(H,31,37)(H,32,36)/t20?,22-/m1/s1. The van der Waals surface area contributed by atoms with Crippen molar-refractivity contribution in [2.45, 2.75) is 38.9 Å². The number of aromatic nitrogens is 2. The first-order valence-corrected chi connectivity index (χ1v) is 13.6. The number of anilines is 2. The molecule has 1 unspecified atom stereocenters. The molecule has 11 heteroatoms. The van der Waals surface area contributed by atoms with Crippen molar-refractivity contribution >= 4 is 45.7 Å². The molecule has 2 fully saturated rings. The highest BCUT2D eigenvalue weighted by Crippen LogP contribution is 2.30. The molecule has 2 heterocycles. The molecule has 1 aliphatic heterocycles. The van der Waals surface area contributed by atoms with Crippen molar-refractivity contribution in [1.82, 2.24) is 19.8 Å². The summed E-state index contributed by atoms with van der Waals surface area (Å²) < 4.78 is 2.91. The predicted octanol–water partition coefficient (Wildman–Crippen LogP) is 2.27. The lowest BCUT2D eigenvalue weighted by Crippen LogP contribution is -2.44. The molecule has 1 aromatic heterocycles. The van der Waals surface area contributed by atoms with Gasteiger partial charge < -0.3 is 20.9 Å². The second kappa shape index (κ2) is 10.9. The van der Waals surface area contributed by atoms with Crippen LogP contribution in [0.4, 0.5) is 11.4 Å². The number of carbonyl (C=O) groups is 2. The Bertz CT molecular complexity index is 1560. The van der Waals surface area contributed by atoms with Gasteiger partial charge in [-0.15, -0.1) is 0 Å². The summed E-state index contributed by atoms with van der Waals surface area (Å²) in [6.07, 6.45) is 2.04. The number of amides is 2. The maximum atomic E-state index is 13.3. The van der Waals surface area contributed by atoms with Crippen molar-refractivity contribution in [1.29, 1.82) is 0 Å². The lowest BCUT2D eigenvalue weighted by Gasteiger charge is -2.20. The van der Waals surface area contributed by atoms with E-state index in [0.29, 0.717) is 59.3 Å². The van der Waals surface area contributed by atoms with Crippen LogP contribution < -0.4 is 32.1 Å². The van der Waals surface area contributed by atoms with Crippen molar-refractivity contribution in [2.24, 2.45) is 11.8 Å². The highest BCUT2D eigenvalue weighted by Gasteiger charge is 2.34. The zero-order chi connectivity index (χ0) is 27.8. The van der Waals surface area contributed by atoms with E-state index in [1.54, 1.807) is 41.0 Å². The fourth-order valence-corrected chi connectivity index (χ4v) is 5.48. The molecule has 10 nitrogen and oxygen atoms in total. The third-order valence-corrected chi connectivity index (χ3v) is 7.81. The molecule has 206 valence electrons. The van der Waals surface area contributed by atoms with Crippen LogP contribution in [0.1, 0.15) is 30.1 Å². The van der Waals surface area contributed by atoms with Crippen molar-refractivity contribution < 1.29 is 9.59 Å². The number of hydrogen-bond acceptors (Lipinski definition) is 6. The van der Waals surface area contributed by atoms with Gasteiger partial charge in [0.2, 0.25) is 5.91 Å². The van der Waals surface area contributed by atoms with Gasteiger partial charge in [-0.1, -0.05) is 11.6 Å². The molecule has 5 rings (SSSR count). The van der Waals surface area contributed by atoms with Gasteiger partial charge in [-0.2, -0.15) is 0 Å². The van der Waals surface area contributed by atoms with Crippen molar-refractivity contribution in [3.8, 4) is 0 Å². The topological polar surface area (TPSA) is 117 Å². The number of aryl methyl sites for hydroxylation is 1. The van der Waals surface area contributed by atoms with E-state index in [4.69, 9.17) is 11.6 Å². The third kappa shape index (κ3) is 5.44. The van der Waals surface area contributed by atoms with Crippen LogP contribution in [0, 0.1) is 11.8 Å². The summed E-state index contributed by atoms with van der Waals surface area (Å²) in [6.45, 7) is 3.56. The molecule has 1 saturated carbocycles. The fraction of sp³-hybridized carbons (Fsp3) is 0.429. The Morgan fingerprint density at radius 2 is 1.85 bits per heavy atom. The zero-order valence-corrected chi connectivity index (χ0v) is 23.0. The normalized spacial score (nSPS) is 18.8. The zero-order valence-electron chi connectivity index (χ0n) is 22.3. The summed E-state index contributed by atoms with van der Waals surface area (Å²) in [5, 5.41) is 9.89. The van der Waals surface area contributed by atoms with Crippen LogP contribution >= 0.6 is 11.6 Å². The SMILES string of the molecule is CCn1c(=O)n(CC2CC2)c(=O)c2cc(NC(=O)C3CNC[C@H]3NC(=O)c3ccc(N(C)C)c(Cl)c3)ccc21. The first-order valence-electron chi connectivity index (χ1n) is 13.2. The number of benzene rings is 2. The Kier molecular flexibility index (Phi) is 7.51. The summed E-state index contributed by atoms with van der Waals surface area (Å²) in [5.74, 6) is -0.733. The van der Waals surface area contributed by atoms with Gasteiger partial charge in [-0.25, -0.2) is 4.79 Å². The molecule has 3 aromatic rings. The number of halogens is 1. The second-order valence-corrected chi connectivity index (χ2v) is 10.9. The Morgan fingerprint density at radius 1 is 1.08 bits per heavy atom. The van der Waals surface area contributed by atoms with E-state index < -0.39 is 12.0 Å². The molecule has 2 atom stereocenters. The second-order valence-electron chi connectivity index (χ2n) is 10.5. The summed E-state index contributed by atoms with van der Waals surface area (Å²) in [4.78, 5) is 54.2. The Balaban J connectivity index is 1.34. The fourth-order valence-electron chi connectivity index (χ4n) is 5.13. The highest BCUT2D eigenvalue weighted by molar-refractivity contribution is 6.33. The van der Waals surface area contributed by atoms with E-state index in [9.17, 15) is 19.2 Å². The van der Waals surface area contributed by atoms with Crippen LogP contribution in [0.5, 0.6) is 0 Å². The van der Waals surface area contributed by atoms with Crippen molar-refractivity contribution in [3.05, 3.63) is 67.8 Å². The van der Waals surface area contributed by atoms with Crippen LogP contribution in [0.15, 0.2) is 46.0 Å². The largest absolute Gasteiger partial charge is 0.376 e. The van der Waals surface area contributed by atoms with Gasteiger partial charge in [0.05, 0.1) is 33.6 Å². The van der Waals surface area contributed by atoms with Crippen molar-refractivity contribution in [2.75, 3.05) is 37.4 Å². The average molecular weight is 553 g/mol. The maximum Gasteiger partial charge on any atom is 0.331 e. The van der Waals surface area contributed by atoms with E-state index in [1.165, 1.54) is 4.57 Å². The Hall–Kier alpha value is -3.63. The van der Waals surface area contributed by atoms with Gasteiger partial charge in [0.1, 0.15) is 0 Å². The van der Waals surface area contributed by atoms with E-state index in [1.807, 2.05) is 25.9 Å². The van der Waals surface area contributed by atoms with Gasteiger partial charge in [-0.05, 0) is 62.1 Å². The number of carbonyl (C=O) groups excluding carboxylic acids is 2. The summed E-state index contributed by atoms with van der Waals surface area (Å²) in [7, 11) is 3.74. The van der Waals surface area contributed by atoms with E-state index in [0.717, 1.165) is 18.5 Å². The molecule has 1 saturated heterocycles. The summed E-state index contributed by atoms with van der Waals surface area (Å²) >= 11 is 6.33. The molecule has 3 N–H and O–H groups in total. The lowest BCUT2D eigenvalue weighted by atomic mass is 10.0. The number of hydrogen-bond donors (Lipinski definition) is 3. The number of fused-ring (bicyclic) bond motifs is 1. The number of nitrogens with one attached hydrogen (secondary N) is 3. The lowest BCUT2D eigenvalue weighted by molar-refractivity contribution is -0.119. The van der Waals surface area contributed by atoms with Crippen LogP contribution in [0.3, 0.4) is 0 Å². The van der Waals surface area contributed by atoms with Gasteiger partial charge in [0.15, 0.2) is 0 Å². The number of rotatable bonds is 8. The van der Waals surface area contributed by atoms with Crippen LogP contribution in [-0.4, -0.2) is 54.2 Å². The summed E-state index contributed by atoms with van der Waals surface area (Å²) in [5.41, 5.74) is 1.59. The average Bonchev–Trinajstić information content (AvgIpc) is 3.61. The molecule has 2 aliphatic rings. The van der Waals surface area contributed by atoms with Crippen LogP contribution in [0.2, 0.25) is 5.02 Å². The van der Waals surface area contributed by atoms with E-state index >= 15 is 0 Å². The molecular weight excluding hydrogens is 520 g/mol. The van der Waals surface area contributed by atoms with Gasteiger partial charge >= 0.3 is 5.69 Å². The van der Waals surface area contributed by atoms with Gasteiger partial charge in [0, 0.05) is 51.5 Å². The molecule has 1 aliphatic carbocycles. The minimum absolute atomic E-state index is 0.271. The Morgan fingerprint density at radius 3 is 2.51 bits per heavy atom. The van der Waals surface area contributed by atoms with E-state index in [2.05, 4.69) is 16.0 Å². The third-order valence-electron chi connectivity index (χ3n) is 7.51. The van der Waals surface area contributed by atoms with E-state index in [-0.39, 0.29) is 23.1 Å². The number of nitrogens with zero attached hydrogens (tertiary/aromatic N) is 3. The monoisotopic (exact) mass is 552 g/mol. The maximum absolute atomic E-state index is 13.3. The van der Waals surface area contributed by atoms with Crippen molar-refractivity contribution in [3.63, 3.8) is 0 Å². The van der Waals surface area contributed by atoms with Crippen LogP contribution in [-0.2, 0) is 17.9 Å². The van der Waals surface area contributed by atoms with Gasteiger partial charge in [-0.3, -0.25) is 23.5 Å². The van der Waals surface area contributed by atoms with Crippen LogP contribution in [0.25, 0.3) is 10.9 Å². The minimum atomic E-state index is -0.516. The quantitative estimate of drug-likeness (QED) is 0.395. The minimum Gasteiger partial charge on any atom is -0.376 e. The molecule has 2 amide bonds. The molecule has 39 heavy (non-hydrogen) atoms. The highest BCUT2D eigenvalue weighted by atomic mass is 35.5.